The average molecular weight is 287 g/mol. The van der Waals surface area contributed by atoms with Gasteiger partial charge >= 0.3 is 0 Å². The molecule has 0 radical (unpaired) electrons. The van der Waals surface area contributed by atoms with E-state index in [0.717, 1.165) is 18.4 Å². The van der Waals surface area contributed by atoms with Gasteiger partial charge in [-0.3, -0.25) is 0 Å². The summed E-state index contributed by atoms with van der Waals surface area (Å²) < 4.78 is 2.24. The molecule has 0 amide bonds. The molecule has 1 heterocycles. The Morgan fingerprint density at radius 2 is 2.10 bits per heavy atom. The topological polar surface area (TPSA) is 25.2 Å². The van der Waals surface area contributed by atoms with Crippen molar-refractivity contribution in [1.82, 2.24) is 4.57 Å². The number of aliphatic hydroxyl groups excluding tert-OH is 1. The van der Waals surface area contributed by atoms with Crippen molar-refractivity contribution in [3.05, 3.63) is 47.8 Å². The summed E-state index contributed by atoms with van der Waals surface area (Å²) in [6.45, 7) is 4.46. The summed E-state index contributed by atoms with van der Waals surface area (Å²) in [5.41, 5.74) is 3.69. The quantitative estimate of drug-likeness (QED) is 0.837. The van der Waals surface area contributed by atoms with Crippen LogP contribution in [0.4, 0.5) is 0 Å². The highest BCUT2D eigenvalue weighted by molar-refractivity contribution is 7.98. The zero-order chi connectivity index (χ0) is 14.3. The highest BCUT2D eigenvalue weighted by Crippen LogP contribution is 2.41. The third-order valence-electron chi connectivity index (χ3n) is 4.11. The standard InChI is InChI=1S/C17H21NOS/c1-17(2)10-15-14(16(19)11-17)7-8-18(15)12-5-4-6-13(9-12)20-3/h4-9,16,19H,10-11H2,1-3H3. The smallest absolute Gasteiger partial charge is 0.0812 e. The first-order valence-corrected chi connectivity index (χ1v) is 8.25. The van der Waals surface area contributed by atoms with Gasteiger partial charge in [-0.1, -0.05) is 19.9 Å². The molecule has 3 rings (SSSR count). The van der Waals surface area contributed by atoms with E-state index in [4.69, 9.17) is 0 Å². The molecule has 1 aliphatic carbocycles. The molecule has 1 atom stereocenters. The normalized spacial score (nSPS) is 20.7. The van der Waals surface area contributed by atoms with E-state index in [1.807, 2.05) is 0 Å². The summed E-state index contributed by atoms with van der Waals surface area (Å²) in [6, 6.07) is 10.6. The van der Waals surface area contributed by atoms with Crippen LogP contribution in [0.5, 0.6) is 0 Å². The maximum Gasteiger partial charge on any atom is 0.0812 e. The van der Waals surface area contributed by atoms with Gasteiger partial charge in [0.2, 0.25) is 0 Å². The molecule has 0 saturated carbocycles. The lowest BCUT2D eigenvalue weighted by Gasteiger charge is -2.34. The number of rotatable bonds is 2. The molecule has 1 aromatic carbocycles. The minimum Gasteiger partial charge on any atom is -0.388 e. The van der Waals surface area contributed by atoms with Gasteiger partial charge in [-0.05, 0) is 48.8 Å². The predicted octanol–water partition coefficient (Wildman–Crippen LogP) is 4.21. The van der Waals surface area contributed by atoms with Gasteiger partial charge in [0.05, 0.1) is 6.10 Å². The van der Waals surface area contributed by atoms with E-state index >= 15 is 0 Å². The van der Waals surface area contributed by atoms with Gasteiger partial charge in [-0.15, -0.1) is 11.8 Å². The highest BCUT2D eigenvalue weighted by Gasteiger charge is 2.33. The molecule has 1 aliphatic rings. The van der Waals surface area contributed by atoms with E-state index in [1.165, 1.54) is 16.3 Å². The Labute approximate surface area is 124 Å². The van der Waals surface area contributed by atoms with Crippen molar-refractivity contribution in [2.24, 2.45) is 5.41 Å². The van der Waals surface area contributed by atoms with Gasteiger partial charge in [0.15, 0.2) is 0 Å². The van der Waals surface area contributed by atoms with Crippen LogP contribution in [0.1, 0.15) is 37.6 Å². The van der Waals surface area contributed by atoms with Crippen LogP contribution in [0.2, 0.25) is 0 Å². The second-order valence-electron chi connectivity index (χ2n) is 6.35. The molecule has 0 aliphatic heterocycles. The molecule has 2 nitrogen and oxygen atoms in total. The number of hydrogen-bond acceptors (Lipinski definition) is 2. The fourth-order valence-electron chi connectivity index (χ4n) is 3.13. The molecule has 1 unspecified atom stereocenters. The Hall–Kier alpha value is -1.19. The first-order chi connectivity index (χ1) is 9.50. The number of fused-ring (bicyclic) bond motifs is 1. The molecule has 0 fully saturated rings. The lowest BCUT2D eigenvalue weighted by Crippen LogP contribution is -2.26. The zero-order valence-electron chi connectivity index (χ0n) is 12.3. The Kier molecular flexibility index (Phi) is 3.43. The molecule has 0 spiro atoms. The molecule has 3 heteroatoms. The maximum absolute atomic E-state index is 10.3. The predicted molar refractivity (Wildman–Crippen MR) is 84.6 cm³/mol. The first kappa shape index (κ1) is 13.8. The molecular weight excluding hydrogens is 266 g/mol. The van der Waals surface area contributed by atoms with Crippen LogP contribution in [0.15, 0.2) is 41.4 Å². The van der Waals surface area contributed by atoms with Crippen molar-refractivity contribution in [1.29, 1.82) is 0 Å². The van der Waals surface area contributed by atoms with Crippen LogP contribution in [0.3, 0.4) is 0 Å². The van der Waals surface area contributed by atoms with Crippen molar-refractivity contribution in [3.8, 4) is 5.69 Å². The van der Waals surface area contributed by atoms with Crippen LogP contribution < -0.4 is 0 Å². The fraction of sp³-hybridized carbons (Fsp3) is 0.412. The molecular formula is C17H21NOS. The summed E-state index contributed by atoms with van der Waals surface area (Å²) in [5.74, 6) is 0. The van der Waals surface area contributed by atoms with E-state index in [2.05, 4.69) is 61.2 Å². The summed E-state index contributed by atoms with van der Waals surface area (Å²) in [6.07, 6.45) is 5.70. The van der Waals surface area contributed by atoms with Gasteiger partial charge in [0.25, 0.3) is 0 Å². The number of hydrogen-bond donors (Lipinski definition) is 1. The Balaban J connectivity index is 2.08. The van der Waals surface area contributed by atoms with Crippen LogP contribution in [0.25, 0.3) is 5.69 Å². The molecule has 1 aromatic heterocycles. The van der Waals surface area contributed by atoms with E-state index in [9.17, 15) is 5.11 Å². The van der Waals surface area contributed by atoms with Gasteiger partial charge in [-0.25, -0.2) is 0 Å². The zero-order valence-corrected chi connectivity index (χ0v) is 13.1. The number of aromatic nitrogens is 1. The maximum atomic E-state index is 10.3. The lowest BCUT2D eigenvalue weighted by atomic mass is 9.75. The number of nitrogens with zero attached hydrogens (tertiary/aromatic N) is 1. The third kappa shape index (κ3) is 2.40. The molecule has 1 N–H and O–H groups in total. The summed E-state index contributed by atoms with van der Waals surface area (Å²) in [5, 5.41) is 10.3. The largest absolute Gasteiger partial charge is 0.388 e. The van der Waals surface area contributed by atoms with Crippen molar-refractivity contribution in [2.75, 3.05) is 6.26 Å². The van der Waals surface area contributed by atoms with Gasteiger partial charge in [-0.2, -0.15) is 0 Å². The molecule has 0 bridgehead atoms. The van der Waals surface area contributed by atoms with Crippen molar-refractivity contribution in [3.63, 3.8) is 0 Å². The van der Waals surface area contributed by atoms with Crippen molar-refractivity contribution in [2.45, 2.75) is 37.7 Å². The van der Waals surface area contributed by atoms with E-state index in [-0.39, 0.29) is 11.5 Å². The van der Waals surface area contributed by atoms with E-state index < -0.39 is 0 Å². The number of benzene rings is 1. The monoisotopic (exact) mass is 287 g/mol. The fourth-order valence-corrected chi connectivity index (χ4v) is 3.59. The number of aliphatic hydroxyl groups is 1. The Morgan fingerprint density at radius 3 is 2.85 bits per heavy atom. The highest BCUT2D eigenvalue weighted by atomic mass is 32.2. The minimum atomic E-state index is -0.335. The summed E-state index contributed by atoms with van der Waals surface area (Å²) in [4.78, 5) is 1.26. The second-order valence-corrected chi connectivity index (χ2v) is 7.23. The molecule has 2 aromatic rings. The van der Waals surface area contributed by atoms with E-state index in [0.29, 0.717) is 0 Å². The first-order valence-electron chi connectivity index (χ1n) is 7.03. The SMILES string of the molecule is CSc1cccc(-n2ccc3c2CC(C)(C)CC3O)c1. The van der Waals surface area contributed by atoms with E-state index in [1.54, 1.807) is 11.8 Å². The molecule has 20 heavy (non-hydrogen) atoms. The third-order valence-corrected chi connectivity index (χ3v) is 4.83. The van der Waals surface area contributed by atoms with Crippen molar-refractivity contribution < 1.29 is 5.11 Å². The van der Waals surface area contributed by atoms with Crippen LogP contribution in [-0.4, -0.2) is 15.9 Å². The minimum absolute atomic E-state index is 0.152. The second kappa shape index (κ2) is 4.97. The average Bonchev–Trinajstić information content (AvgIpc) is 2.81. The lowest BCUT2D eigenvalue weighted by molar-refractivity contribution is 0.0987. The van der Waals surface area contributed by atoms with Gasteiger partial charge in [0.1, 0.15) is 0 Å². The van der Waals surface area contributed by atoms with Crippen LogP contribution in [0, 0.1) is 5.41 Å². The van der Waals surface area contributed by atoms with Crippen molar-refractivity contribution >= 4 is 11.8 Å². The van der Waals surface area contributed by atoms with Crippen LogP contribution >= 0.6 is 11.8 Å². The summed E-state index contributed by atoms with van der Waals surface area (Å²) in [7, 11) is 0. The Morgan fingerprint density at radius 1 is 1.30 bits per heavy atom. The summed E-state index contributed by atoms with van der Waals surface area (Å²) >= 11 is 1.76. The van der Waals surface area contributed by atoms with Gasteiger partial charge in [0, 0.05) is 28.0 Å². The number of thioether (sulfide) groups is 1. The molecule has 0 saturated heterocycles. The van der Waals surface area contributed by atoms with Crippen LogP contribution in [-0.2, 0) is 6.42 Å². The van der Waals surface area contributed by atoms with Gasteiger partial charge < -0.3 is 9.67 Å². The Bertz CT molecular complexity index is 630. The molecule has 106 valence electrons.